The molecule has 9 heteroatoms. The van der Waals surface area contributed by atoms with Gasteiger partial charge in [0.2, 0.25) is 5.91 Å². The number of benzene rings is 1. The molecule has 0 spiro atoms. The standard InChI is InChI=1S/C27H33N5O2S2/c1-6-32-24(19-10-8-9-11-21(19)34-7-2)30-31-26(32)35-16-23(33)29-25-20(15-28)18-13-12-17(27(3,4)5)14-22(18)36-25/h8-11,17H,6-7,12-14,16H2,1-5H3,(H,29,33)/t17-/m0/s1. The molecule has 0 bridgehead atoms. The Kier molecular flexibility index (Phi) is 8.06. The van der Waals surface area contributed by atoms with Crippen LogP contribution in [0.5, 0.6) is 5.75 Å². The highest BCUT2D eigenvalue weighted by Crippen LogP contribution is 2.44. The van der Waals surface area contributed by atoms with Crippen molar-refractivity contribution in [3.05, 3.63) is 40.3 Å². The largest absolute Gasteiger partial charge is 0.493 e. The van der Waals surface area contributed by atoms with Crippen molar-refractivity contribution in [1.29, 1.82) is 5.26 Å². The number of hydrogen-bond donors (Lipinski definition) is 1. The molecule has 2 aromatic heterocycles. The molecule has 0 saturated heterocycles. The highest BCUT2D eigenvalue weighted by Gasteiger charge is 2.32. The van der Waals surface area contributed by atoms with Gasteiger partial charge in [0.05, 0.1) is 23.5 Å². The van der Waals surface area contributed by atoms with Crippen LogP contribution < -0.4 is 10.1 Å². The molecule has 4 rings (SSSR count). The SMILES string of the molecule is CCOc1ccccc1-c1nnc(SCC(=O)Nc2sc3c(c2C#N)CC[C@H](C(C)(C)C)C3)n1CC. The summed E-state index contributed by atoms with van der Waals surface area (Å²) in [5, 5.41) is 22.9. The van der Waals surface area contributed by atoms with Gasteiger partial charge in [0, 0.05) is 11.4 Å². The maximum absolute atomic E-state index is 12.9. The van der Waals surface area contributed by atoms with E-state index in [1.54, 1.807) is 11.3 Å². The van der Waals surface area contributed by atoms with Gasteiger partial charge in [-0.3, -0.25) is 4.79 Å². The van der Waals surface area contributed by atoms with Gasteiger partial charge >= 0.3 is 0 Å². The first-order chi connectivity index (χ1) is 17.3. The van der Waals surface area contributed by atoms with E-state index >= 15 is 0 Å². The minimum atomic E-state index is -0.149. The lowest BCUT2D eigenvalue weighted by Crippen LogP contribution is -2.26. The molecule has 1 aliphatic carbocycles. The van der Waals surface area contributed by atoms with Gasteiger partial charge in [-0.05, 0) is 62.1 Å². The van der Waals surface area contributed by atoms with Gasteiger partial charge in [0.15, 0.2) is 11.0 Å². The molecule has 190 valence electrons. The zero-order valence-electron chi connectivity index (χ0n) is 21.6. The third-order valence-corrected chi connectivity index (χ3v) is 8.78. The monoisotopic (exact) mass is 523 g/mol. The van der Waals surface area contributed by atoms with Gasteiger partial charge < -0.3 is 14.6 Å². The Labute approximate surface area is 221 Å². The summed E-state index contributed by atoms with van der Waals surface area (Å²) in [6.07, 6.45) is 2.94. The molecule has 1 atom stereocenters. The highest BCUT2D eigenvalue weighted by molar-refractivity contribution is 7.99. The second-order valence-corrected chi connectivity index (χ2v) is 12.0. The first-order valence-electron chi connectivity index (χ1n) is 12.4. The van der Waals surface area contributed by atoms with E-state index in [1.165, 1.54) is 16.6 Å². The fourth-order valence-electron chi connectivity index (χ4n) is 4.64. The maximum Gasteiger partial charge on any atom is 0.235 e. The number of nitrogens with zero attached hydrogens (tertiary/aromatic N) is 4. The lowest BCUT2D eigenvalue weighted by Gasteiger charge is -2.33. The van der Waals surface area contributed by atoms with Crippen LogP contribution in [0.3, 0.4) is 0 Å². The van der Waals surface area contributed by atoms with Gasteiger partial charge in [0.25, 0.3) is 0 Å². The fraction of sp³-hybridized carbons (Fsp3) is 0.481. The number of para-hydroxylation sites is 1. The lowest BCUT2D eigenvalue weighted by atomic mass is 9.72. The Hall–Kier alpha value is -2.83. The molecular weight excluding hydrogens is 490 g/mol. The number of ether oxygens (including phenoxy) is 1. The number of carbonyl (C=O) groups is 1. The van der Waals surface area contributed by atoms with Crippen LogP contribution >= 0.6 is 23.1 Å². The van der Waals surface area contributed by atoms with E-state index in [2.05, 4.69) is 42.4 Å². The molecule has 1 aromatic carbocycles. The van der Waals surface area contributed by atoms with Crippen molar-refractivity contribution >= 4 is 34.0 Å². The Morgan fingerprint density at radius 3 is 2.78 bits per heavy atom. The van der Waals surface area contributed by atoms with Crippen LogP contribution in [0, 0.1) is 22.7 Å². The lowest BCUT2D eigenvalue weighted by molar-refractivity contribution is -0.113. The normalized spacial score (nSPS) is 15.3. The summed E-state index contributed by atoms with van der Waals surface area (Å²) in [5.74, 6) is 2.09. The number of amides is 1. The van der Waals surface area contributed by atoms with Crippen molar-refractivity contribution in [2.75, 3.05) is 17.7 Å². The topological polar surface area (TPSA) is 92.8 Å². The molecule has 0 radical (unpaired) electrons. The third kappa shape index (κ3) is 5.45. The number of thiophene rings is 1. The number of nitriles is 1. The summed E-state index contributed by atoms with van der Waals surface area (Å²) in [6, 6.07) is 10.1. The third-order valence-electron chi connectivity index (χ3n) is 6.65. The van der Waals surface area contributed by atoms with Crippen LogP contribution in [0.25, 0.3) is 11.4 Å². The molecule has 0 saturated carbocycles. The van der Waals surface area contributed by atoms with Crippen LogP contribution in [0.2, 0.25) is 0 Å². The molecule has 1 aliphatic rings. The molecule has 7 nitrogen and oxygen atoms in total. The van der Waals surface area contributed by atoms with Crippen LogP contribution in [-0.2, 0) is 24.2 Å². The van der Waals surface area contributed by atoms with E-state index < -0.39 is 0 Å². The molecule has 1 amide bonds. The Morgan fingerprint density at radius 2 is 2.08 bits per heavy atom. The average molecular weight is 524 g/mol. The molecule has 0 fully saturated rings. The molecule has 2 heterocycles. The van der Waals surface area contributed by atoms with E-state index in [9.17, 15) is 10.1 Å². The number of rotatable bonds is 8. The van der Waals surface area contributed by atoms with E-state index in [1.807, 2.05) is 42.7 Å². The van der Waals surface area contributed by atoms with Crippen molar-refractivity contribution in [1.82, 2.24) is 14.8 Å². The van der Waals surface area contributed by atoms with Crippen molar-refractivity contribution in [2.45, 2.75) is 65.6 Å². The molecule has 3 aromatic rings. The predicted octanol–water partition coefficient (Wildman–Crippen LogP) is 6.18. The number of aromatic nitrogens is 3. The van der Waals surface area contributed by atoms with E-state index in [0.717, 1.165) is 42.0 Å². The van der Waals surface area contributed by atoms with Gasteiger partial charge in [0.1, 0.15) is 16.8 Å². The summed E-state index contributed by atoms with van der Waals surface area (Å²) in [6.45, 7) is 12.0. The Morgan fingerprint density at radius 1 is 1.31 bits per heavy atom. The zero-order valence-corrected chi connectivity index (χ0v) is 23.2. The van der Waals surface area contributed by atoms with Crippen LogP contribution in [0.1, 0.15) is 57.0 Å². The van der Waals surface area contributed by atoms with Crippen LogP contribution in [0.4, 0.5) is 5.00 Å². The summed E-state index contributed by atoms with van der Waals surface area (Å²) in [7, 11) is 0. The van der Waals surface area contributed by atoms with Crippen molar-refractivity contribution in [2.24, 2.45) is 11.3 Å². The number of nitrogens with one attached hydrogen (secondary N) is 1. The molecular formula is C27H33N5O2S2. The number of fused-ring (bicyclic) bond motifs is 1. The fourth-order valence-corrected chi connectivity index (χ4v) is 6.73. The van der Waals surface area contributed by atoms with E-state index in [4.69, 9.17) is 4.74 Å². The Bertz CT molecular complexity index is 1280. The van der Waals surface area contributed by atoms with E-state index in [-0.39, 0.29) is 17.1 Å². The summed E-state index contributed by atoms with van der Waals surface area (Å²) in [4.78, 5) is 14.1. The summed E-state index contributed by atoms with van der Waals surface area (Å²) >= 11 is 2.90. The van der Waals surface area contributed by atoms with Crippen LogP contribution in [0.15, 0.2) is 29.4 Å². The average Bonchev–Trinajstić information content (AvgIpc) is 3.42. The first kappa shape index (κ1) is 26.2. The van der Waals surface area contributed by atoms with Gasteiger partial charge in [-0.2, -0.15) is 5.26 Å². The molecule has 0 unspecified atom stereocenters. The van der Waals surface area contributed by atoms with Gasteiger partial charge in [-0.25, -0.2) is 0 Å². The number of hydrogen-bond acceptors (Lipinski definition) is 7. The van der Waals surface area contributed by atoms with Gasteiger partial charge in [-0.1, -0.05) is 44.7 Å². The quantitative estimate of drug-likeness (QED) is 0.355. The van der Waals surface area contributed by atoms with Crippen molar-refractivity contribution < 1.29 is 9.53 Å². The second kappa shape index (κ2) is 11.1. The molecule has 1 N–H and O–H groups in total. The molecule has 0 aliphatic heterocycles. The minimum absolute atomic E-state index is 0.149. The minimum Gasteiger partial charge on any atom is -0.493 e. The number of thioether (sulfide) groups is 1. The van der Waals surface area contributed by atoms with E-state index in [0.29, 0.717) is 34.8 Å². The zero-order chi connectivity index (χ0) is 25.9. The number of anilines is 1. The maximum atomic E-state index is 12.9. The summed E-state index contributed by atoms with van der Waals surface area (Å²) < 4.78 is 7.76. The van der Waals surface area contributed by atoms with Crippen molar-refractivity contribution in [3.63, 3.8) is 0 Å². The molecule has 36 heavy (non-hydrogen) atoms. The highest BCUT2D eigenvalue weighted by atomic mass is 32.2. The number of carbonyl (C=O) groups excluding carboxylic acids is 1. The Balaban J connectivity index is 1.47. The van der Waals surface area contributed by atoms with Crippen molar-refractivity contribution in [3.8, 4) is 23.2 Å². The first-order valence-corrected chi connectivity index (χ1v) is 14.2. The van der Waals surface area contributed by atoms with Gasteiger partial charge in [-0.15, -0.1) is 21.5 Å². The predicted molar refractivity (Wildman–Crippen MR) is 146 cm³/mol. The second-order valence-electron chi connectivity index (χ2n) is 9.94. The van der Waals surface area contributed by atoms with Crippen LogP contribution in [-0.4, -0.2) is 33.0 Å². The smallest absolute Gasteiger partial charge is 0.235 e. The summed E-state index contributed by atoms with van der Waals surface area (Å²) in [5.41, 5.74) is 2.86.